The van der Waals surface area contributed by atoms with Gasteiger partial charge in [-0.25, -0.2) is 0 Å². The van der Waals surface area contributed by atoms with Crippen LogP contribution in [0.4, 0.5) is 5.69 Å². The molecule has 0 fully saturated rings. The average Bonchev–Trinajstić information content (AvgIpc) is 2.98. The third-order valence-corrected chi connectivity index (χ3v) is 5.03. The number of amides is 1. The van der Waals surface area contributed by atoms with Crippen molar-refractivity contribution in [1.82, 2.24) is 5.32 Å². The van der Waals surface area contributed by atoms with Crippen molar-refractivity contribution in [3.8, 4) is 0 Å². The van der Waals surface area contributed by atoms with E-state index in [0.29, 0.717) is 12.5 Å². The molecular formula is C17H20N2OS. The van der Waals surface area contributed by atoms with E-state index in [1.807, 2.05) is 29.5 Å². The molecule has 1 aromatic carbocycles. The zero-order valence-electron chi connectivity index (χ0n) is 12.2. The minimum absolute atomic E-state index is 0.0455. The van der Waals surface area contributed by atoms with Gasteiger partial charge in [0.15, 0.2) is 0 Å². The van der Waals surface area contributed by atoms with Crippen LogP contribution in [-0.2, 0) is 17.6 Å². The molecule has 0 saturated heterocycles. The van der Waals surface area contributed by atoms with E-state index in [2.05, 4.69) is 28.1 Å². The molecule has 1 atom stereocenters. The maximum atomic E-state index is 11.6. The number of fused-ring (bicyclic) bond motifs is 1. The van der Waals surface area contributed by atoms with Gasteiger partial charge in [-0.15, -0.1) is 11.3 Å². The lowest BCUT2D eigenvalue weighted by Gasteiger charge is -2.26. The highest BCUT2D eigenvalue weighted by atomic mass is 32.1. The molecule has 0 saturated carbocycles. The van der Waals surface area contributed by atoms with Crippen molar-refractivity contribution in [3.05, 3.63) is 51.7 Å². The first-order valence-corrected chi connectivity index (χ1v) is 8.27. The second-order valence-corrected chi connectivity index (χ2v) is 6.40. The highest BCUT2D eigenvalue weighted by molar-refractivity contribution is 7.10. The molecule has 1 aliphatic rings. The van der Waals surface area contributed by atoms with E-state index < -0.39 is 0 Å². The summed E-state index contributed by atoms with van der Waals surface area (Å²) in [5.41, 5.74) is 3.56. The third kappa shape index (κ3) is 3.10. The van der Waals surface area contributed by atoms with Crippen molar-refractivity contribution in [2.24, 2.45) is 0 Å². The zero-order chi connectivity index (χ0) is 14.7. The number of thiophene rings is 1. The third-order valence-electron chi connectivity index (χ3n) is 4.03. The fraction of sp³-hybridized carbons (Fsp3) is 0.353. The molecule has 1 amide bonds. The molecule has 4 heteroatoms. The van der Waals surface area contributed by atoms with Crippen LogP contribution >= 0.6 is 11.3 Å². The number of likely N-dealkylation sites (N-methyl/N-ethyl adjacent to an activating group) is 1. The first-order chi connectivity index (χ1) is 10.3. The van der Waals surface area contributed by atoms with Gasteiger partial charge in [0.1, 0.15) is 0 Å². The van der Waals surface area contributed by atoms with E-state index in [1.165, 1.54) is 23.3 Å². The Bertz CT molecular complexity index is 635. The van der Waals surface area contributed by atoms with Crippen LogP contribution in [0.25, 0.3) is 0 Å². The minimum atomic E-state index is 0.0455. The highest BCUT2D eigenvalue weighted by Gasteiger charge is 2.21. The summed E-state index contributed by atoms with van der Waals surface area (Å²) in [5, 5.41) is 8.52. The van der Waals surface area contributed by atoms with Crippen LogP contribution in [0, 0.1) is 0 Å². The SMILES string of the molecule is CNC(=O)Cc1ccccc1NC1CCCc2sccc21. The van der Waals surface area contributed by atoms with Gasteiger partial charge in [-0.1, -0.05) is 18.2 Å². The molecule has 2 N–H and O–H groups in total. The maximum Gasteiger partial charge on any atom is 0.224 e. The van der Waals surface area contributed by atoms with Crippen molar-refractivity contribution in [1.29, 1.82) is 0 Å². The molecule has 1 aliphatic carbocycles. The second-order valence-electron chi connectivity index (χ2n) is 5.40. The smallest absolute Gasteiger partial charge is 0.224 e. The van der Waals surface area contributed by atoms with E-state index >= 15 is 0 Å². The van der Waals surface area contributed by atoms with Crippen LogP contribution in [0.5, 0.6) is 0 Å². The normalized spacial score (nSPS) is 17.1. The van der Waals surface area contributed by atoms with Crippen molar-refractivity contribution in [3.63, 3.8) is 0 Å². The molecule has 2 aromatic rings. The molecule has 1 aromatic heterocycles. The summed E-state index contributed by atoms with van der Waals surface area (Å²) >= 11 is 1.85. The van der Waals surface area contributed by atoms with Crippen LogP contribution in [0.15, 0.2) is 35.7 Å². The predicted molar refractivity (Wildman–Crippen MR) is 87.8 cm³/mol. The summed E-state index contributed by atoms with van der Waals surface area (Å²) in [6.45, 7) is 0. The van der Waals surface area contributed by atoms with Crippen LogP contribution in [0.1, 0.15) is 34.9 Å². The number of hydrogen-bond donors (Lipinski definition) is 2. The Morgan fingerprint density at radius 1 is 1.33 bits per heavy atom. The number of aryl methyl sites for hydroxylation is 1. The van der Waals surface area contributed by atoms with Crippen LogP contribution in [0.3, 0.4) is 0 Å². The monoisotopic (exact) mass is 300 g/mol. The van der Waals surface area contributed by atoms with Crippen molar-refractivity contribution in [2.75, 3.05) is 12.4 Å². The van der Waals surface area contributed by atoms with Crippen molar-refractivity contribution < 1.29 is 4.79 Å². The van der Waals surface area contributed by atoms with Gasteiger partial charge in [0.25, 0.3) is 0 Å². The molecule has 21 heavy (non-hydrogen) atoms. The van der Waals surface area contributed by atoms with Gasteiger partial charge in [0, 0.05) is 17.6 Å². The van der Waals surface area contributed by atoms with Crippen molar-refractivity contribution in [2.45, 2.75) is 31.7 Å². The minimum Gasteiger partial charge on any atom is -0.378 e. The zero-order valence-corrected chi connectivity index (χ0v) is 13.0. The first kappa shape index (κ1) is 14.1. The van der Waals surface area contributed by atoms with Crippen LogP contribution in [-0.4, -0.2) is 13.0 Å². The van der Waals surface area contributed by atoms with E-state index in [9.17, 15) is 4.79 Å². The summed E-state index contributed by atoms with van der Waals surface area (Å²) in [5.74, 6) is 0.0455. The summed E-state index contributed by atoms with van der Waals surface area (Å²) in [7, 11) is 1.68. The molecule has 0 spiro atoms. The Morgan fingerprint density at radius 2 is 2.19 bits per heavy atom. The molecule has 0 aliphatic heterocycles. The van der Waals surface area contributed by atoms with Crippen LogP contribution in [0.2, 0.25) is 0 Å². The predicted octanol–water partition coefficient (Wildman–Crippen LogP) is 3.53. The average molecular weight is 300 g/mol. The molecule has 3 rings (SSSR count). The largest absolute Gasteiger partial charge is 0.378 e. The molecule has 0 bridgehead atoms. The Labute approximate surface area is 129 Å². The quantitative estimate of drug-likeness (QED) is 0.907. The van der Waals surface area contributed by atoms with E-state index in [0.717, 1.165) is 17.7 Å². The lowest BCUT2D eigenvalue weighted by molar-refractivity contribution is -0.119. The first-order valence-electron chi connectivity index (χ1n) is 7.39. The Hall–Kier alpha value is -1.81. The Balaban J connectivity index is 1.81. The molecule has 1 unspecified atom stereocenters. The number of rotatable bonds is 4. The molecule has 110 valence electrons. The van der Waals surface area contributed by atoms with Gasteiger partial charge < -0.3 is 10.6 Å². The number of nitrogens with one attached hydrogen (secondary N) is 2. The van der Waals surface area contributed by atoms with E-state index in [-0.39, 0.29) is 5.91 Å². The number of anilines is 1. The standard InChI is InChI=1S/C17H20N2OS/c1-18-17(20)11-12-5-2-3-6-14(12)19-15-7-4-8-16-13(15)9-10-21-16/h2-3,5-6,9-10,15,19H,4,7-8,11H2,1H3,(H,18,20). The van der Waals surface area contributed by atoms with Crippen molar-refractivity contribution >= 4 is 22.9 Å². The Morgan fingerprint density at radius 3 is 3.05 bits per heavy atom. The van der Waals surface area contributed by atoms with Gasteiger partial charge in [-0.05, 0) is 47.9 Å². The van der Waals surface area contributed by atoms with Gasteiger partial charge in [-0.2, -0.15) is 0 Å². The van der Waals surface area contributed by atoms with Gasteiger partial charge >= 0.3 is 0 Å². The topological polar surface area (TPSA) is 41.1 Å². The lowest BCUT2D eigenvalue weighted by Crippen LogP contribution is -2.21. The van der Waals surface area contributed by atoms with E-state index in [4.69, 9.17) is 0 Å². The number of carbonyl (C=O) groups is 1. The number of carbonyl (C=O) groups excluding carboxylic acids is 1. The highest BCUT2D eigenvalue weighted by Crippen LogP contribution is 2.36. The fourth-order valence-corrected chi connectivity index (χ4v) is 3.89. The number of para-hydroxylation sites is 1. The summed E-state index contributed by atoms with van der Waals surface area (Å²) in [6.07, 6.45) is 3.99. The Kier molecular flexibility index (Phi) is 4.25. The van der Waals surface area contributed by atoms with E-state index in [1.54, 1.807) is 7.05 Å². The molecule has 3 nitrogen and oxygen atoms in total. The van der Waals surface area contributed by atoms with Gasteiger partial charge in [0.05, 0.1) is 12.5 Å². The lowest BCUT2D eigenvalue weighted by atomic mass is 9.93. The molecule has 1 heterocycles. The number of benzene rings is 1. The maximum absolute atomic E-state index is 11.6. The molecule has 0 radical (unpaired) electrons. The summed E-state index contributed by atoms with van der Waals surface area (Å²) in [6, 6.07) is 10.7. The van der Waals surface area contributed by atoms with Crippen LogP contribution < -0.4 is 10.6 Å². The van der Waals surface area contributed by atoms with Gasteiger partial charge in [-0.3, -0.25) is 4.79 Å². The fourth-order valence-electron chi connectivity index (χ4n) is 2.90. The number of hydrogen-bond acceptors (Lipinski definition) is 3. The summed E-state index contributed by atoms with van der Waals surface area (Å²) < 4.78 is 0. The molecular weight excluding hydrogens is 280 g/mol. The second kappa shape index (κ2) is 6.31. The van der Waals surface area contributed by atoms with Gasteiger partial charge in [0.2, 0.25) is 5.91 Å². The summed E-state index contributed by atoms with van der Waals surface area (Å²) in [4.78, 5) is 13.1.